The number of aromatic nitrogens is 2. The lowest BCUT2D eigenvalue weighted by atomic mass is 10.1. The molecule has 0 fully saturated rings. The number of fused-ring (bicyclic) bond motifs is 1. The Balaban J connectivity index is 1.62. The van der Waals surface area contributed by atoms with Gasteiger partial charge < -0.3 is 5.32 Å². The van der Waals surface area contributed by atoms with Gasteiger partial charge in [-0.2, -0.15) is 5.10 Å². The van der Waals surface area contributed by atoms with E-state index in [2.05, 4.69) is 10.4 Å². The van der Waals surface area contributed by atoms with Crippen molar-refractivity contribution >= 4 is 26.5 Å². The molecule has 3 aromatic rings. The van der Waals surface area contributed by atoms with Gasteiger partial charge in [0.2, 0.25) is 5.91 Å². The normalized spacial score (nSPS) is 12.8. The van der Waals surface area contributed by atoms with Gasteiger partial charge in [-0.3, -0.25) is 9.48 Å². The third-order valence-electron chi connectivity index (χ3n) is 4.48. The molecule has 27 heavy (non-hydrogen) atoms. The lowest BCUT2D eigenvalue weighted by Crippen LogP contribution is -2.28. The van der Waals surface area contributed by atoms with Crippen LogP contribution < -0.4 is 5.32 Å². The van der Waals surface area contributed by atoms with E-state index in [1.54, 1.807) is 22.9 Å². The topological polar surface area (TPSA) is 81.1 Å². The summed E-state index contributed by atoms with van der Waals surface area (Å²) in [6, 6.07) is 14.2. The summed E-state index contributed by atoms with van der Waals surface area (Å²) < 4.78 is 26.9. The zero-order chi connectivity index (χ0) is 19.4. The molecule has 0 radical (unpaired) electrons. The molecule has 0 aliphatic rings. The summed E-state index contributed by atoms with van der Waals surface area (Å²) in [5.41, 5.74) is 0.752. The first-order valence-electron chi connectivity index (χ1n) is 8.93. The summed E-state index contributed by atoms with van der Waals surface area (Å²) >= 11 is 0. The molecule has 1 heterocycles. The third kappa shape index (κ3) is 4.54. The van der Waals surface area contributed by atoms with Gasteiger partial charge in [-0.25, -0.2) is 8.42 Å². The number of benzene rings is 2. The molecule has 0 aliphatic heterocycles. The lowest BCUT2D eigenvalue weighted by molar-refractivity contribution is -0.121. The van der Waals surface area contributed by atoms with E-state index in [1.807, 2.05) is 50.4 Å². The van der Waals surface area contributed by atoms with Gasteiger partial charge in [0.25, 0.3) is 0 Å². The molecule has 0 bridgehead atoms. The Morgan fingerprint density at radius 3 is 2.59 bits per heavy atom. The van der Waals surface area contributed by atoms with Crippen molar-refractivity contribution < 1.29 is 13.2 Å². The van der Waals surface area contributed by atoms with Crippen molar-refractivity contribution in [3.05, 3.63) is 60.4 Å². The third-order valence-corrected chi connectivity index (χ3v) is 6.20. The molecule has 6 nitrogen and oxygen atoms in total. The zero-order valence-corrected chi connectivity index (χ0v) is 16.2. The summed E-state index contributed by atoms with van der Waals surface area (Å²) in [5, 5.41) is 9.00. The van der Waals surface area contributed by atoms with Crippen LogP contribution in [0.15, 0.2) is 59.6 Å². The van der Waals surface area contributed by atoms with Gasteiger partial charge in [-0.05, 0) is 42.8 Å². The van der Waals surface area contributed by atoms with Crippen LogP contribution >= 0.6 is 0 Å². The molecule has 1 aromatic heterocycles. The van der Waals surface area contributed by atoms with Gasteiger partial charge in [-0.1, -0.05) is 30.3 Å². The van der Waals surface area contributed by atoms with Crippen LogP contribution in [0.2, 0.25) is 0 Å². The number of hydrogen-bond acceptors (Lipinski definition) is 4. The Labute approximate surface area is 159 Å². The van der Waals surface area contributed by atoms with Gasteiger partial charge in [0, 0.05) is 19.2 Å². The van der Waals surface area contributed by atoms with Gasteiger partial charge in [0.1, 0.15) is 0 Å². The molecule has 2 aromatic carbocycles. The number of aryl methyl sites for hydroxylation is 1. The molecular formula is C20H23N3O3S. The first-order chi connectivity index (χ1) is 12.9. The van der Waals surface area contributed by atoms with E-state index >= 15 is 0 Å². The maximum Gasteiger partial charge on any atom is 0.221 e. The fraction of sp³-hybridized carbons (Fsp3) is 0.300. The summed E-state index contributed by atoms with van der Waals surface area (Å²) in [4.78, 5) is 12.4. The Hall–Kier alpha value is -2.67. The SMILES string of the molecule is CCn1ccc([C@@H](C)NC(=O)CCS(=O)(=O)c2ccc3ccccc3c2)n1. The minimum absolute atomic E-state index is 0.0893. The first kappa shape index (κ1) is 19.1. The molecule has 0 saturated carbocycles. The Morgan fingerprint density at radius 1 is 1.15 bits per heavy atom. The van der Waals surface area contributed by atoms with E-state index in [0.29, 0.717) is 0 Å². The van der Waals surface area contributed by atoms with Gasteiger partial charge >= 0.3 is 0 Å². The van der Waals surface area contributed by atoms with E-state index in [9.17, 15) is 13.2 Å². The van der Waals surface area contributed by atoms with E-state index < -0.39 is 9.84 Å². The minimum atomic E-state index is -3.53. The van der Waals surface area contributed by atoms with Crippen molar-refractivity contribution in [2.24, 2.45) is 0 Å². The fourth-order valence-electron chi connectivity index (χ4n) is 2.88. The van der Waals surface area contributed by atoms with Gasteiger partial charge in [0.15, 0.2) is 9.84 Å². The van der Waals surface area contributed by atoms with Crippen LogP contribution in [0, 0.1) is 0 Å². The number of carbonyl (C=O) groups is 1. The van der Waals surface area contributed by atoms with Crippen molar-refractivity contribution in [3.8, 4) is 0 Å². The van der Waals surface area contributed by atoms with Crippen LogP contribution in [0.1, 0.15) is 32.0 Å². The minimum Gasteiger partial charge on any atom is -0.348 e. The molecule has 0 aliphatic carbocycles. The highest BCUT2D eigenvalue weighted by atomic mass is 32.2. The average Bonchev–Trinajstić information content (AvgIpc) is 3.15. The molecule has 0 unspecified atom stereocenters. The number of nitrogens with one attached hydrogen (secondary N) is 1. The van der Waals surface area contributed by atoms with E-state index in [0.717, 1.165) is 23.0 Å². The monoisotopic (exact) mass is 385 g/mol. The summed E-state index contributed by atoms with van der Waals surface area (Å²) in [6.07, 6.45) is 1.76. The maximum absolute atomic E-state index is 12.6. The second-order valence-corrected chi connectivity index (χ2v) is 8.57. The lowest BCUT2D eigenvalue weighted by Gasteiger charge is -2.12. The number of carbonyl (C=O) groups excluding carboxylic acids is 1. The molecule has 0 saturated heterocycles. The molecule has 7 heteroatoms. The second kappa shape index (κ2) is 7.92. The van der Waals surface area contributed by atoms with Crippen molar-refractivity contribution in [1.82, 2.24) is 15.1 Å². The molecule has 1 amide bonds. The van der Waals surface area contributed by atoms with Crippen LogP contribution in [0.25, 0.3) is 10.8 Å². The fourth-order valence-corrected chi connectivity index (χ4v) is 4.15. The van der Waals surface area contributed by atoms with Crippen LogP contribution in [-0.4, -0.2) is 29.9 Å². The Bertz CT molecular complexity index is 1060. The van der Waals surface area contributed by atoms with Gasteiger partial charge in [-0.15, -0.1) is 0 Å². The molecule has 3 rings (SSSR count). The highest BCUT2D eigenvalue weighted by Gasteiger charge is 2.18. The highest BCUT2D eigenvalue weighted by Crippen LogP contribution is 2.20. The van der Waals surface area contributed by atoms with Crippen LogP contribution in [0.5, 0.6) is 0 Å². The summed E-state index contributed by atoms with van der Waals surface area (Å²) in [5.74, 6) is -0.536. The smallest absolute Gasteiger partial charge is 0.221 e. The highest BCUT2D eigenvalue weighted by molar-refractivity contribution is 7.91. The van der Waals surface area contributed by atoms with Crippen molar-refractivity contribution in [3.63, 3.8) is 0 Å². The average molecular weight is 385 g/mol. The van der Waals surface area contributed by atoms with Crippen molar-refractivity contribution in [1.29, 1.82) is 0 Å². The Kier molecular flexibility index (Phi) is 5.60. The van der Waals surface area contributed by atoms with E-state index in [4.69, 9.17) is 0 Å². The molecule has 0 spiro atoms. The van der Waals surface area contributed by atoms with Crippen LogP contribution in [0.4, 0.5) is 0 Å². The second-order valence-electron chi connectivity index (χ2n) is 6.46. The summed E-state index contributed by atoms with van der Waals surface area (Å²) in [6.45, 7) is 4.57. The maximum atomic E-state index is 12.6. The zero-order valence-electron chi connectivity index (χ0n) is 15.4. The van der Waals surface area contributed by atoms with Gasteiger partial charge in [0.05, 0.1) is 22.4 Å². The number of nitrogens with zero attached hydrogens (tertiary/aromatic N) is 2. The Morgan fingerprint density at radius 2 is 1.89 bits per heavy atom. The van der Waals surface area contributed by atoms with Crippen LogP contribution in [0.3, 0.4) is 0 Å². The predicted molar refractivity (Wildman–Crippen MR) is 105 cm³/mol. The summed E-state index contributed by atoms with van der Waals surface area (Å²) in [7, 11) is -3.53. The number of rotatable bonds is 7. The largest absolute Gasteiger partial charge is 0.348 e. The van der Waals surface area contributed by atoms with Crippen LogP contribution in [-0.2, 0) is 21.2 Å². The molecular weight excluding hydrogens is 362 g/mol. The molecule has 1 atom stereocenters. The standard InChI is InChI=1S/C20H23N3O3S/c1-3-23-12-10-19(22-23)15(2)21-20(24)11-13-27(25,26)18-9-8-16-6-4-5-7-17(16)14-18/h4-10,12,14-15H,3,11,13H2,1-2H3,(H,21,24)/t15-/m1/s1. The quantitative estimate of drug-likeness (QED) is 0.678. The number of hydrogen-bond donors (Lipinski definition) is 1. The predicted octanol–water partition coefficient (Wildman–Crippen LogP) is 3.10. The molecule has 142 valence electrons. The van der Waals surface area contributed by atoms with E-state index in [-0.39, 0.29) is 29.0 Å². The first-order valence-corrected chi connectivity index (χ1v) is 10.6. The van der Waals surface area contributed by atoms with Crippen molar-refractivity contribution in [2.75, 3.05) is 5.75 Å². The van der Waals surface area contributed by atoms with Crippen molar-refractivity contribution in [2.45, 2.75) is 37.8 Å². The number of sulfone groups is 1. The number of amides is 1. The van der Waals surface area contributed by atoms with E-state index in [1.165, 1.54) is 0 Å². The molecule has 1 N–H and O–H groups in total.